The minimum absolute atomic E-state index is 0.0831. The molecule has 0 atom stereocenters. The van der Waals surface area contributed by atoms with Gasteiger partial charge in [0.2, 0.25) is 0 Å². The third kappa shape index (κ3) is 2.56. The van der Waals surface area contributed by atoms with E-state index in [-0.39, 0.29) is 22.9 Å². The van der Waals surface area contributed by atoms with Gasteiger partial charge in [0.15, 0.2) is 0 Å². The molecule has 0 spiro atoms. The third-order valence-corrected chi connectivity index (χ3v) is 2.80. The average molecular weight is 248 g/mol. The summed E-state index contributed by atoms with van der Waals surface area (Å²) >= 11 is 0. The monoisotopic (exact) mass is 248 g/mol. The van der Waals surface area contributed by atoms with E-state index in [9.17, 15) is 8.78 Å². The molecule has 0 saturated heterocycles. The second-order valence-electron chi connectivity index (χ2n) is 4.96. The normalized spacial score (nSPS) is 16.5. The van der Waals surface area contributed by atoms with Gasteiger partial charge in [-0.25, -0.2) is 8.78 Å². The van der Waals surface area contributed by atoms with Gasteiger partial charge >= 0.3 is 0 Å². The summed E-state index contributed by atoms with van der Waals surface area (Å²) in [6.45, 7) is 2.71. The first-order valence-corrected chi connectivity index (χ1v) is 5.89. The maximum Gasteiger partial charge on any atom is 0.150 e. The molecule has 94 valence electrons. The molecular formula is C14H14F2N2. The van der Waals surface area contributed by atoms with Gasteiger partial charge < -0.3 is 0 Å². The first kappa shape index (κ1) is 12.7. The predicted octanol–water partition coefficient (Wildman–Crippen LogP) is 3.40. The topological polar surface area (TPSA) is 36.1 Å². The molecule has 1 aliphatic carbocycles. The highest BCUT2D eigenvalue weighted by molar-refractivity contribution is 6.06. The maximum atomic E-state index is 14.2. The van der Waals surface area contributed by atoms with Crippen molar-refractivity contribution < 1.29 is 8.78 Å². The zero-order valence-electron chi connectivity index (χ0n) is 10.4. The van der Waals surface area contributed by atoms with Gasteiger partial charge in [-0.15, -0.1) is 0 Å². The minimum Gasteiger partial charge on any atom is -0.282 e. The van der Waals surface area contributed by atoms with E-state index >= 15 is 0 Å². The standard InChI is InChI=1S/C14H14F2N2/c1-14(2,16)13(18-10-6-7-10)11-5-3-4-9(8-17)12(11)15/h3-5,10H,6-7H2,1-2H3. The van der Waals surface area contributed by atoms with Crippen molar-refractivity contribution in [1.82, 2.24) is 0 Å². The summed E-state index contributed by atoms with van der Waals surface area (Å²) in [5.74, 6) is -0.690. The molecule has 0 N–H and O–H groups in total. The molecule has 0 unspecified atom stereocenters. The van der Waals surface area contributed by atoms with Crippen LogP contribution in [-0.4, -0.2) is 17.4 Å². The van der Waals surface area contributed by atoms with Crippen LogP contribution in [0.4, 0.5) is 8.78 Å². The van der Waals surface area contributed by atoms with Crippen molar-refractivity contribution in [2.75, 3.05) is 0 Å². The Labute approximate surface area is 105 Å². The second-order valence-corrected chi connectivity index (χ2v) is 4.96. The first-order valence-electron chi connectivity index (χ1n) is 5.89. The summed E-state index contributed by atoms with van der Waals surface area (Å²) in [5, 5.41) is 8.80. The second kappa shape index (κ2) is 4.49. The Kier molecular flexibility index (Phi) is 3.16. The van der Waals surface area contributed by atoms with Crippen LogP contribution in [0.2, 0.25) is 0 Å². The molecule has 1 aromatic rings. The number of alkyl halides is 1. The lowest BCUT2D eigenvalue weighted by molar-refractivity contribution is 0.312. The number of rotatable bonds is 3. The van der Waals surface area contributed by atoms with Gasteiger partial charge in [-0.2, -0.15) is 5.26 Å². The van der Waals surface area contributed by atoms with Gasteiger partial charge in [0.25, 0.3) is 0 Å². The quantitative estimate of drug-likeness (QED) is 0.755. The molecule has 1 saturated carbocycles. The van der Waals surface area contributed by atoms with Gasteiger partial charge in [0.1, 0.15) is 17.6 Å². The lowest BCUT2D eigenvalue weighted by Crippen LogP contribution is -2.29. The van der Waals surface area contributed by atoms with Crippen molar-refractivity contribution in [3.63, 3.8) is 0 Å². The fourth-order valence-corrected chi connectivity index (χ4v) is 1.73. The summed E-state index contributed by atoms with van der Waals surface area (Å²) < 4.78 is 28.2. The highest BCUT2D eigenvalue weighted by Crippen LogP contribution is 2.29. The molecule has 0 aliphatic heterocycles. The van der Waals surface area contributed by atoms with E-state index in [4.69, 9.17) is 5.26 Å². The lowest BCUT2D eigenvalue weighted by atomic mass is 9.95. The molecule has 1 fully saturated rings. The molecule has 1 aliphatic rings. The van der Waals surface area contributed by atoms with Crippen molar-refractivity contribution >= 4 is 5.71 Å². The van der Waals surface area contributed by atoms with E-state index in [2.05, 4.69) is 4.99 Å². The Morgan fingerprint density at radius 3 is 2.61 bits per heavy atom. The van der Waals surface area contributed by atoms with Gasteiger partial charge in [-0.1, -0.05) is 6.07 Å². The van der Waals surface area contributed by atoms with E-state index < -0.39 is 11.5 Å². The van der Waals surface area contributed by atoms with Crippen LogP contribution < -0.4 is 0 Å². The molecule has 0 heterocycles. The molecule has 18 heavy (non-hydrogen) atoms. The van der Waals surface area contributed by atoms with E-state index in [1.807, 2.05) is 0 Å². The summed E-state index contributed by atoms with van der Waals surface area (Å²) in [5.41, 5.74) is -1.62. The maximum absolute atomic E-state index is 14.2. The molecule has 4 heteroatoms. The first-order chi connectivity index (χ1) is 8.43. The van der Waals surface area contributed by atoms with Crippen molar-refractivity contribution in [3.05, 3.63) is 35.1 Å². The number of benzene rings is 1. The van der Waals surface area contributed by atoms with E-state index in [0.717, 1.165) is 12.8 Å². The number of hydrogen-bond acceptors (Lipinski definition) is 2. The van der Waals surface area contributed by atoms with Crippen LogP contribution in [0.15, 0.2) is 23.2 Å². The van der Waals surface area contributed by atoms with Crippen LogP contribution in [0.1, 0.15) is 37.8 Å². The predicted molar refractivity (Wildman–Crippen MR) is 65.9 cm³/mol. The molecular weight excluding hydrogens is 234 g/mol. The molecule has 2 rings (SSSR count). The minimum atomic E-state index is -1.72. The van der Waals surface area contributed by atoms with Crippen LogP contribution in [0.3, 0.4) is 0 Å². The van der Waals surface area contributed by atoms with Crippen LogP contribution in [-0.2, 0) is 0 Å². The largest absolute Gasteiger partial charge is 0.282 e. The molecule has 1 aromatic carbocycles. The summed E-state index contributed by atoms with van der Waals surface area (Å²) in [7, 11) is 0. The van der Waals surface area contributed by atoms with E-state index in [1.54, 1.807) is 12.1 Å². The molecule has 0 bridgehead atoms. The van der Waals surface area contributed by atoms with E-state index in [1.165, 1.54) is 26.0 Å². The molecule has 2 nitrogen and oxygen atoms in total. The summed E-state index contributed by atoms with van der Waals surface area (Å²) in [4.78, 5) is 4.26. The molecule has 0 aromatic heterocycles. The van der Waals surface area contributed by atoms with Crippen molar-refractivity contribution in [1.29, 1.82) is 5.26 Å². The number of nitrogens with zero attached hydrogens (tertiary/aromatic N) is 2. The Balaban J connectivity index is 2.53. The SMILES string of the molecule is CC(C)(F)C(=NC1CC1)c1cccc(C#N)c1F. The number of nitriles is 1. The number of hydrogen-bond donors (Lipinski definition) is 0. The van der Waals surface area contributed by atoms with Gasteiger partial charge in [0, 0.05) is 5.56 Å². The van der Waals surface area contributed by atoms with Crippen molar-refractivity contribution in [3.8, 4) is 6.07 Å². The van der Waals surface area contributed by atoms with Gasteiger partial charge in [-0.3, -0.25) is 4.99 Å². The molecule has 0 radical (unpaired) electrons. The molecule has 0 amide bonds. The fourth-order valence-electron chi connectivity index (χ4n) is 1.73. The van der Waals surface area contributed by atoms with Crippen molar-refractivity contribution in [2.24, 2.45) is 4.99 Å². The van der Waals surface area contributed by atoms with Gasteiger partial charge in [-0.05, 0) is 38.8 Å². The smallest absolute Gasteiger partial charge is 0.150 e. The Hall–Kier alpha value is -1.76. The average Bonchev–Trinajstić information content (AvgIpc) is 3.09. The van der Waals surface area contributed by atoms with Crippen molar-refractivity contribution in [2.45, 2.75) is 38.4 Å². The zero-order valence-corrected chi connectivity index (χ0v) is 10.4. The Morgan fingerprint density at radius 2 is 2.11 bits per heavy atom. The zero-order chi connectivity index (χ0) is 13.3. The summed E-state index contributed by atoms with van der Waals surface area (Å²) in [6.07, 6.45) is 1.83. The highest BCUT2D eigenvalue weighted by Gasteiger charge is 2.31. The van der Waals surface area contributed by atoms with E-state index in [0.29, 0.717) is 0 Å². The van der Waals surface area contributed by atoms with Crippen LogP contribution in [0, 0.1) is 17.1 Å². The number of aliphatic imine (C=N–C) groups is 1. The lowest BCUT2D eigenvalue weighted by Gasteiger charge is -2.19. The van der Waals surface area contributed by atoms with Gasteiger partial charge in [0.05, 0.1) is 17.3 Å². The van der Waals surface area contributed by atoms with Crippen LogP contribution in [0.5, 0.6) is 0 Å². The summed E-state index contributed by atoms with van der Waals surface area (Å²) in [6, 6.07) is 6.25. The highest BCUT2D eigenvalue weighted by atomic mass is 19.1. The third-order valence-electron chi connectivity index (χ3n) is 2.80. The number of halogens is 2. The Morgan fingerprint density at radius 1 is 1.44 bits per heavy atom. The van der Waals surface area contributed by atoms with Crippen LogP contribution in [0.25, 0.3) is 0 Å². The Bertz CT molecular complexity index is 532. The fraction of sp³-hybridized carbons (Fsp3) is 0.429. The van der Waals surface area contributed by atoms with Crippen LogP contribution >= 0.6 is 0 Å².